The molecule has 0 aliphatic heterocycles. The summed E-state index contributed by atoms with van der Waals surface area (Å²) in [6.07, 6.45) is 8.09. The lowest BCUT2D eigenvalue weighted by atomic mass is 9.89. The zero-order chi connectivity index (χ0) is 11.4. The number of hydrogen-bond donors (Lipinski definition) is 0. The van der Waals surface area contributed by atoms with E-state index in [1.807, 2.05) is 0 Å². The van der Waals surface area contributed by atoms with E-state index in [0.29, 0.717) is 5.92 Å². The maximum absolute atomic E-state index is 11.2. The molecule has 16 heavy (non-hydrogen) atoms. The van der Waals surface area contributed by atoms with Gasteiger partial charge < -0.3 is 4.74 Å². The number of esters is 1. The maximum Gasteiger partial charge on any atom is 0.377 e. The summed E-state index contributed by atoms with van der Waals surface area (Å²) in [5.74, 6) is 0.363. The Hall–Kier alpha value is -1.39. The fourth-order valence-electron chi connectivity index (χ4n) is 2.20. The summed E-state index contributed by atoms with van der Waals surface area (Å²) in [4.78, 5) is 15.1. The molecule has 1 aliphatic carbocycles. The van der Waals surface area contributed by atoms with Gasteiger partial charge in [0.15, 0.2) is 0 Å². The van der Waals surface area contributed by atoms with Crippen molar-refractivity contribution in [3.63, 3.8) is 0 Å². The van der Waals surface area contributed by atoms with Gasteiger partial charge in [-0.2, -0.15) is 0 Å². The molecular formula is C11H17N3O2. The van der Waals surface area contributed by atoms with Crippen LogP contribution in [0, 0.1) is 5.92 Å². The van der Waals surface area contributed by atoms with Crippen LogP contribution in [0.4, 0.5) is 0 Å². The van der Waals surface area contributed by atoms with Gasteiger partial charge in [0.2, 0.25) is 0 Å². The summed E-state index contributed by atoms with van der Waals surface area (Å²) in [5, 5.41) is 4.11. The number of carbonyl (C=O) groups excluding carboxylic acids is 1. The number of aromatic nitrogens is 3. The van der Waals surface area contributed by atoms with Gasteiger partial charge in [-0.15, -0.1) is 5.10 Å². The number of rotatable bonds is 3. The molecule has 0 aromatic carbocycles. The topological polar surface area (TPSA) is 57.0 Å². The van der Waals surface area contributed by atoms with E-state index < -0.39 is 5.97 Å². The first kappa shape index (κ1) is 11.1. The van der Waals surface area contributed by atoms with Crippen molar-refractivity contribution in [3.8, 4) is 0 Å². The van der Waals surface area contributed by atoms with Gasteiger partial charge in [-0.05, 0) is 18.8 Å². The first-order chi connectivity index (χ1) is 7.79. The van der Waals surface area contributed by atoms with Crippen LogP contribution in [0.25, 0.3) is 0 Å². The molecule has 0 bridgehead atoms. The van der Waals surface area contributed by atoms with Crippen LogP contribution >= 0.6 is 0 Å². The van der Waals surface area contributed by atoms with Crippen LogP contribution < -0.4 is 0 Å². The van der Waals surface area contributed by atoms with Crippen molar-refractivity contribution in [2.45, 2.75) is 38.6 Å². The normalized spacial score (nSPS) is 17.3. The molecule has 1 aromatic rings. The number of hydrogen-bond acceptors (Lipinski definition) is 4. The van der Waals surface area contributed by atoms with Gasteiger partial charge in [0.05, 0.1) is 7.11 Å². The number of carbonyl (C=O) groups is 1. The van der Waals surface area contributed by atoms with Gasteiger partial charge in [0.25, 0.3) is 5.82 Å². The first-order valence-electron chi connectivity index (χ1n) is 5.77. The maximum atomic E-state index is 11.2. The van der Waals surface area contributed by atoms with Crippen molar-refractivity contribution >= 4 is 5.97 Å². The van der Waals surface area contributed by atoms with E-state index in [2.05, 4.69) is 14.8 Å². The third kappa shape index (κ3) is 2.59. The van der Waals surface area contributed by atoms with E-state index in [9.17, 15) is 4.79 Å². The summed E-state index contributed by atoms with van der Waals surface area (Å²) in [6, 6.07) is 0. The minimum Gasteiger partial charge on any atom is -0.463 e. The Kier molecular flexibility index (Phi) is 3.54. The van der Waals surface area contributed by atoms with Crippen molar-refractivity contribution in [3.05, 3.63) is 12.2 Å². The lowest BCUT2D eigenvalue weighted by molar-refractivity contribution is 0.0586. The standard InChI is InChI=1S/C11H17N3O2/c1-16-11(15)10-12-8-14(13-10)7-9-5-3-2-4-6-9/h8-9H,2-7H2,1H3. The van der Waals surface area contributed by atoms with E-state index in [1.54, 1.807) is 11.0 Å². The Morgan fingerprint density at radius 1 is 1.50 bits per heavy atom. The second-order valence-electron chi connectivity index (χ2n) is 4.29. The molecular weight excluding hydrogens is 206 g/mol. The van der Waals surface area contributed by atoms with Gasteiger partial charge in [0, 0.05) is 6.54 Å². The molecule has 2 rings (SSSR count). The zero-order valence-corrected chi connectivity index (χ0v) is 9.56. The average molecular weight is 223 g/mol. The molecule has 5 heteroatoms. The highest BCUT2D eigenvalue weighted by atomic mass is 16.5. The van der Waals surface area contributed by atoms with Crippen LogP contribution in [0.1, 0.15) is 42.7 Å². The monoisotopic (exact) mass is 223 g/mol. The molecule has 1 aliphatic rings. The summed E-state index contributed by atoms with van der Waals surface area (Å²) < 4.78 is 6.31. The smallest absolute Gasteiger partial charge is 0.377 e. The Labute approximate surface area is 94.8 Å². The third-order valence-electron chi connectivity index (χ3n) is 3.07. The van der Waals surface area contributed by atoms with E-state index in [1.165, 1.54) is 39.2 Å². The number of nitrogens with zero attached hydrogens (tertiary/aromatic N) is 3. The fraction of sp³-hybridized carbons (Fsp3) is 0.727. The SMILES string of the molecule is COC(=O)c1ncn(CC2CCCCC2)n1. The summed E-state index contributed by atoms with van der Waals surface area (Å²) in [7, 11) is 1.34. The van der Waals surface area contributed by atoms with Gasteiger partial charge in [0.1, 0.15) is 6.33 Å². The Morgan fingerprint density at radius 2 is 2.25 bits per heavy atom. The third-order valence-corrected chi connectivity index (χ3v) is 3.07. The van der Waals surface area contributed by atoms with Crippen molar-refractivity contribution < 1.29 is 9.53 Å². The van der Waals surface area contributed by atoms with Crippen LogP contribution in [0.3, 0.4) is 0 Å². The molecule has 1 saturated carbocycles. The highest BCUT2D eigenvalue weighted by Crippen LogP contribution is 2.24. The quantitative estimate of drug-likeness (QED) is 0.731. The van der Waals surface area contributed by atoms with Crippen LogP contribution in [0.5, 0.6) is 0 Å². The summed E-state index contributed by atoms with van der Waals surface area (Å²) in [6.45, 7) is 0.865. The molecule has 1 heterocycles. The molecule has 0 N–H and O–H groups in total. The van der Waals surface area contributed by atoms with Crippen LogP contribution in [0.15, 0.2) is 6.33 Å². The van der Waals surface area contributed by atoms with E-state index in [4.69, 9.17) is 0 Å². The molecule has 88 valence electrons. The molecule has 0 amide bonds. The van der Waals surface area contributed by atoms with E-state index >= 15 is 0 Å². The molecule has 5 nitrogen and oxygen atoms in total. The second-order valence-corrected chi connectivity index (χ2v) is 4.29. The molecule has 0 radical (unpaired) electrons. The lowest BCUT2D eigenvalue weighted by Gasteiger charge is -2.20. The molecule has 0 spiro atoms. The minimum atomic E-state index is -0.470. The fourth-order valence-corrected chi connectivity index (χ4v) is 2.20. The van der Waals surface area contributed by atoms with Crippen LogP contribution in [-0.2, 0) is 11.3 Å². The Bertz CT molecular complexity index is 356. The van der Waals surface area contributed by atoms with Gasteiger partial charge in [-0.25, -0.2) is 9.78 Å². The van der Waals surface area contributed by atoms with Crippen molar-refractivity contribution in [1.82, 2.24) is 14.8 Å². The van der Waals surface area contributed by atoms with Crippen molar-refractivity contribution in [2.24, 2.45) is 5.92 Å². The van der Waals surface area contributed by atoms with Gasteiger partial charge in [-0.1, -0.05) is 19.3 Å². The largest absolute Gasteiger partial charge is 0.463 e. The number of methoxy groups -OCH3 is 1. The predicted molar refractivity (Wildman–Crippen MR) is 57.9 cm³/mol. The van der Waals surface area contributed by atoms with Crippen LogP contribution in [-0.4, -0.2) is 27.8 Å². The van der Waals surface area contributed by atoms with Crippen molar-refractivity contribution in [1.29, 1.82) is 0 Å². The molecule has 1 aromatic heterocycles. The van der Waals surface area contributed by atoms with Gasteiger partial charge >= 0.3 is 5.97 Å². The molecule has 0 unspecified atom stereocenters. The van der Waals surface area contributed by atoms with Gasteiger partial charge in [-0.3, -0.25) is 4.68 Å². The summed E-state index contributed by atoms with van der Waals surface area (Å²) in [5.41, 5.74) is 0. The molecule has 0 saturated heterocycles. The average Bonchev–Trinajstić information content (AvgIpc) is 2.78. The highest BCUT2D eigenvalue weighted by molar-refractivity contribution is 5.84. The van der Waals surface area contributed by atoms with Crippen molar-refractivity contribution in [2.75, 3.05) is 7.11 Å². The number of ether oxygens (including phenoxy) is 1. The predicted octanol–water partition coefficient (Wildman–Crippen LogP) is 1.65. The second kappa shape index (κ2) is 5.09. The lowest BCUT2D eigenvalue weighted by Crippen LogP contribution is -2.15. The molecule has 1 fully saturated rings. The minimum absolute atomic E-state index is 0.151. The Morgan fingerprint density at radius 3 is 2.94 bits per heavy atom. The molecule has 0 atom stereocenters. The Balaban J connectivity index is 1.94. The first-order valence-corrected chi connectivity index (χ1v) is 5.77. The van der Waals surface area contributed by atoms with E-state index in [-0.39, 0.29) is 5.82 Å². The summed E-state index contributed by atoms with van der Waals surface area (Å²) >= 11 is 0. The highest BCUT2D eigenvalue weighted by Gasteiger charge is 2.16. The zero-order valence-electron chi connectivity index (χ0n) is 9.56. The van der Waals surface area contributed by atoms with E-state index in [0.717, 1.165) is 6.54 Å². The van der Waals surface area contributed by atoms with Crippen LogP contribution in [0.2, 0.25) is 0 Å².